The topological polar surface area (TPSA) is 17.1 Å². The molecule has 88 valence electrons. The molecule has 0 aliphatic carbocycles. The van der Waals surface area contributed by atoms with E-state index in [0.717, 1.165) is 23.0 Å². The molecule has 0 radical (unpaired) electrons. The van der Waals surface area contributed by atoms with Crippen LogP contribution in [0.3, 0.4) is 0 Å². The fraction of sp³-hybridized carbons (Fsp3) is 0.118. The van der Waals surface area contributed by atoms with E-state index >= 15 is 0 Å². The van der Waals surface area contributed by atoms with Crippen molar-refractivity contribution in [3.63, 3.8) is 0 Å². The van der Waals surface area contributed by atoms with Crippen LogP contribution in [0.4, 0.5) is 0 Å². The van der Waals surface area contributed by atoms with Crippen molar-refractivity contribution in [3.05, 3.63) is 70.8 Å². The van der Waals surface area contributed by atoms with E-state index in [-0.39, 0.29) is 0 Å². The van der Waals surface area contributed by atoms with Gasteiger partial charge in [0, 0.05) is 17.5 Å². The van der Waals surface area contributed by atoms with Crippen LogP contribution >= 0.6 is 0 Å². The van der Waals surface area contributed by atoms with Crippen molar-refractivity contribution < 1.29 is 4.79 Å². The first-order valence-electron chi connectivity index (χ1n) is 5.88. The molecule has 0 unspecified atom stereocenters. The lowest BCUT2D eigenvalue weighted by Crippen LogP contribution is -1.90. The van der Waals surface area contributed by atoms with Gasteiger partial charge in [0.2, 0.25) is 0 Å². The molecule has 0 aromatic heterocycles. The molecule has 0 bridgehead atoms. The highest BCUT2D eigenvalue weighted by Gasteiger charge is 1.97. The summed E-state index contributed by atoms with van der Waals surface area (Å²) in [5.74, 6) is 6.21. The van der Waals surface area contributed by atoms with Crippen molar-refractivity contribution in [1.82, 2.24) is 0 Å². The lowest BCUT2D eigenvalue weighted by molar-refractivity contribution is 0.112. The molecule has 1 nitrogen and oxygen atoms in total. The first-order valence-corrected chi connectivity index (χ1v) is 5.88. The number of carbonyl (C=O) groups excluding carboxylic acids is 1. The molecule has 2 rings (SSSR count). The maximum absolute atomic E-state index is 10.8. The Bertz CT molecular complexity index is 597. The number of hydrogen-bond acceptors (Lipinski definition) is 1. The standard InChI is InChI=1S/C17H14O/c1-14-9-11-15(12-10-14)5-4-8-16-6-2-3-7-17(16)13-18/h2-3,6-7,9-13H,8H2,1H3. The summed E-state index contributed by atoms with van der Waals surface area (Å²) in [6.45, 7) is 2.05. The summed E-state index contributed by atoms with van der Waals surface area (Å²) in [6, 6.07) is 15.6. The Hall–Kier alpha value is -2.33. The number of hydrogen-bond donors (Lipinski definition) is 0. The van der Waals surface area contributed by atoms with Crippen LogP contribution < -0.4 is 0 Å². The van der Waals surface area contributed by atoms with Gasteiger partial charge in [0.05, 0.1) is 0 Å². The van der Waals surface area contributed by atoms with Crippen molar-refractivity contribution in [2.24, 2.45) is 0 Å². The molecule has 0 heterocycles. The average molecular weight is 234 g/mol. The molecule has 0 saturated carbocycles. The van der Waals surface area contributed by atoms with Gasteiger partial charge in [-0.15, -0.1) is 0 Å². The molecule has 18 heavy (non-hydrogen) atoms. The SMILES string of the molecule is Cc1ccc(C#CCc2ccccc2C=O)cc1. The Morgan fingerprint density at radius 1 is 1.06 bits per heavy atom. The van der Waals surface area contributed by atoms with Crippen LogP contribution in [0.2, 0.25) is 0 Å². The normalized spacial score (nSPS) is 9.39. The third kappa shape index (κ3) is 3.09. The minimum absolute atomic E-state index is 0.600. The Balaban J connectivity index is 2.12. The highest BCUT2D eigenvalue weighted by atomic mass is 16.1. The third-order valence-corrected chi connectivity index (χ3v) is 2.75. The van der Waals surface area contributed by atoms with E-state index in [4.69, 9.17) is 0 Å². The van der Waals surface area contributed by atoms with Gasteiger partial charge in [0.15, 0.2) is 0 Å². The van der Waals surface area contributed by atoms with Gasteiger partial charge in [-0.1, -0.05) is 53.8 Å². The molecule has 2 aromatic rings. The van der Waals surface area contributed by atoms with Crippen LogP contribution in [0.25, 0.3) is 0 Å². The highest BCUT2D eigenvalue weighted by Crippen LogP contribution is 2.06. The highest BCUT2D eigenvalue weighted by molar-refractivity contribution is 5.77. The molecule has 0 N–H and O–H groups in total. The average Bonchev–Trinajstić information content (AvgIpc) is 2.41. The molecule has 0 atom stereocenters. The van der Waals surface area contributed by atoms with Crippen LogP contribution in [-0.4, -0.2) is 6.29 Å². The van der Waals surface area contributed by atoms with E-state index < -0.39 is 0 Å². The summed E-state index contributed by atoms with van der Waals surface area (Å²) in [6.07, 6.45) is 1.48. The molecular formula is C17H14O. The molecule has 0 saturated heterocycles. The summed E-state index contributed by atoms with van der Waals surface area (Å²) in [7, 11) is 0. The molecule has 0 spiro atoms. The molecule has 0 aliphatic heterocycles. The Kier molecular flexibility index (Phi) is 3.94. The Labute approximate surface area is 107 Å². The van der Waals surface area contributed by atoms with Gasteiger partial charge in [-0.05, 0) is 24.6 Å². The fourth-order valence-corrected chi connectivity index (χ4v) is 1.69. The van der Waals surface area contributed by atoms with Crippen LogP contribution in [0.15, 0.2) is 48.5 Å². The fourth-order valence-electron chi connectivity index (χ4n) is 1.69. The molecule has 2 aromatic carbocycles. The first kappa shape index (κ1) is 12.1. The monoisotopic (exact) mass is 234 g/mol. The van der Waals surface area contributed by atoms with Crippen molar-refractivity contribution in [2.75, 3.05) is 0 Å². The maximum Gasteiger partial charge on any atom is 0.150 e. The minimum Gasteiger partial charge on any atom is -0.298 e. The number of aldehydes is 1. The zero-order chi connectivity index (χ0) is 12.8. The van der Waals surface area contributed by atoms with Gasteiger partial charge in [-0.25, -0.2) is 0 Å². The van der Waals surface area contributed by atoms with Gasteiger partial charge in [-0.3, -0.25) is 4.79 Å². The second-order valence-corrected chi connectivity index (χ2v) is 4.16. The number of carbonyl (C=O) groups is 1. The van der Waals surface area contributed by atoms with Crippen molar-refractivity contribution in [3.8, 4) is 11.8 Å². The second kappa shape index (κ2) is 5.84. The summed E-state index contributed by atoms with van der Waals surface area (Å²) in [5.41, 5.74) is 3.93. The van der Waals surface area contributed by atoms with Crippen LogP contribution in [0.5, 0.6) is 0 Å². The number of benzene rings is 2. The zero-order valence-corrected chi connectivity index (χ0v) is 10.3. The van der Waals surface area contributed by atoms with Crippen molar-refractivity contribution in [2.45, 2.75) is 13.3 Å². The third-order valence-electron chi connectivity index (χ3n) is 2.75. The summed E-state index contributed by atoms with van der Waals surface area (Å²) in [4.78, 5) is 10.8. The van der Waals surface area contributed by atoms with Crippen molar-refractivity contribution >= 4 is 6.29 Å². The zero-order valence-electron chi connectivity index (χ0n) is 10.3. The van der Waals surface area contributed by atoms with E-state index in [1.165, 1.54) is 5.56 Å². The van der Waals surface area contributed by atoms with E-state index in [2.05, 4.69) is 18.8 Å². The van der Waals surface area contributed by atoms with E-state index in [9.17, 15) is 4.79 Å². The summed E-state index contributed by atoms with van der Waals surface area (Å²) < 4.78 is 0. The molecule has 1 heteroatoms. The lowest BCUT2D eigenvalue weighted by Gasteiger charge is -1.98. The van der Waals surface area contributed by atoms with Gasteiger partial charge in [0.25, 0.3) is 0 Å². The molecular weight excluding hydrogens is 220 g/mol. The Morgan fingerprint density at radius 2 is 1.78 bits per heavy atom. The molecule has 0 amide bonds. The van der Waals surface area contributed by atoms with Crippen LogP contribution in [0, 0.1) is 18.8 Å². The maximum atomic E-state index is 10.8. The largest absolute Gasteiger partial charge is 0.298 e. The Morgan fingerprint density at radius 3 is 2.50 bits per heavy atom. The van der Waals surface area contributed by atoms with E-state index in [1.807, 2.05) is 48.5 Å². The van der Waals surface area contributed by atoms with E-state index in [1.54, 1.807) is 0 Å². The molecule has 0 aliphatic rings. The van der Waals surface area contributed by atoms with Crippen molar-refractivity contribution in [1.29, 1.82) is 0 Å². The van der Waals surface area contributed by atoms with Crippen LogP contribution in [-0.2, 0) is 6.42 Å². The second-order valence-electron chi connectivity index (χ2n) is 4.16. The van der Waals surface area contributed by atoms with Crippen LogP contribution in [0.1, 0.15) is 27.0 Å². The quantitative estimate of drug-likeness (QED) is 0.575. The smallest absolute Gasteiger partial charge is 0.150 e. The van der Waals surface area contributed by atoms with Gasteiger partial charge in [-0.2, -0.15) is 0 Å². The first-order chi connectivity index (χ1) is 8.79. The van der Waals surface area contributed by atoms with Gasteiger partial charge in [0.1, 0.15) is 6.29 Å². The predicted molar refractivity (Wildman–Crippen MR) is 73.6 cm³/mol. The molecule has 0 fully saturated rings. The van der Waals surface area contributed by atoms with Gasteiger partial charge >= 0.3 is 0 Å². The lowest BCUT2D eigenvalue weighted by atomic mass is 10.1. The van der Waals surface area contributed by atoms with Gasteiger partial charge < -0.3 is 0 Å². The summed E-state index contributed by atoms with van der Waals surface area (Å²) >= 11 is 0. The van der Waals surface area contributed by atoms with E-state index in [0.29, 0.717) is 6.42 Å². The predicted octanol–water partition coefficient (Wildman–Crippen LogP) is 3.40. The summed E-state index contributed by atoms with van der Waals surface area (Å²) in [5, 5.41) is 0. The number of aryl methyl sites for hydroxylation is 1. The number of rotatable bonds is 2. The minimum atomic E-state index is 0.600.